The Morgan fingerprint density at radius 3 is 1.64 bits per heavy atom. The number of benzene rings is 8. The maximum Gasteiger partial charge on any atom is 0.160 e. The number of furan rings is 1. The first-order valence-corrected chi connectivity index (χ1v) is 19.5. The normalized spacial score (nSPS) is 11.8. The van der Waals surface area contributed by atoms with E-state index in [0.717, 1.165) is 88.6 Å². The molecule has 4 heterocycles. The highest BCUT2D eigenvalue weighted by molar-refractivity contribution is 6.24. The van der Waals surface area contributed by atoms with Crippen molar-refractivity contribution in [3.8, 4) is 50.8 Å². The molecule has 58 heavy (non-hydrogen) atoms. The van der Waals surface area contributed by atoms with Crippen molar-refractivity contribution in [3.05, 3.63) is 194 Å². The quantitative estimate of drug-likeness (QED) is 0.165. The molecule has 0 saturated carbocycles. The predicted octanol–water partition coefficient (Wildman–Crippen LogP) is 13.8. The van der Waals surface area contributed by atoms with Crippen LogP contribution in [-0.2, 0) is 0 Å². The second-order valence-electron chi connectivity index (χ2n) is 14.8. The van der Waals surface area contributed by atoms with E-state index in [-0.39, 0.29) is 0 Å². The molecule has 0 bridgehead atoms. The van der Waals surface area contributed by atoms with Gasteiger partial charge in [-0.3, -0.25) is 0 Å². The molecule has 8 aromatic carbocycles. The molecule has 270 valence electrons. The molecular weight excluding hydrogens is 709 g/mol. The molecule has 0 aliphatic carbocycles. The summed E-state index contributed by atoms with van der Waals surface area (Å²) in [6.07, 6.45) is 0. The minimum atomic E-state index is 0.635. The Hall–Kier alpha value is -7.89. The van der Waals surface area contributed by atoms with Crippen LogP contribution < -0.4 is 0 Å². The van der Waals surface area contributed by atoms with Gasteiger partial charge in [0.2, 0.25) is 0 Å². The Morgan fingerprint density at radius 1 is 0.379 bits per heavy atom. The molecule has 4 aromatic heterocycles. The van der Waals surface area contributed by atoms with E-state index in [1.807, 2.05) is 30.3 Å². The smallest absolute Gasteiger partial charge is 0.160 e. The average Bonchev–Trinajstić information content (AvgIpc) is 3.85. The molecule has 5 nitrogen and oxygen atoms in total. The maximum absolute atomic E-state index is 6.88. The third-order valence-electron chi connectivity index (χ3n) is 11.4. The van der Waals surface area contributed by atoms with Gasteiger partial charge >= 0.3 is 0 Å². The topological polar surface area (TPSA) is 56.7 Å². The van der Waals surface area contributed by atoms with Crippen LogP contribution in [0.2, 0.25) is 0 Å². The number of fused-ring (bicyclic) bond motifs is 10. The lowest BCUT2D eigenvalue weighted by Crippen LogP contribution is -1.97. The summed E-state index contributed by atoms with van der Waals surface area (Å²) >= 11 is 0. The Labute approximate surface area is 333 Å². The molecule has 12 rings (SSSR count). The first-order valence-electron chi connectivity index (χ1n) is 19.5. The van der Waals surface area contributed by atoms with Crippen LogP contribution in [0.1, 0.15) is 0 Å². The van der Waals surface area contributed by atoms with Crippen LogP contribution in [0.4, 0.5) is 0 Å². The van der Waals surface area contributed by atoms with E-state index in [1.54, 1.807) is 0 Å². The number of hydrogen-bond donors (Lipinski definition) is 0. The monoisotopic (exact) mass is 740 g/mol. The van der Waals surface area contributed by atoms with Crippen LogP contribution in [-0.4, -0.2) is 19.5 Å². The molecule has 0 spiro atoms. The van der Waals surface area contributed by atoms with Crippen molar-refractivity contribution in [2.45, 2.75) is 0 Å². The van der Waals surface area contributed by atoms with Gasteiger partial charge in [0.1, 0.15) is 11.2 Å². The number of hydrogen-bond acceptors (Lipinski definition) is 4. The zero-order chi connectivity index (χ0) is 38.2. The Balaban J connectivity index is 1.01. The SMILES string of the molecule is c1ccc(-c2cc(-c3ccc(-n4c5ccccc5c5ccccc54)cc3)nc(-c3ccc4c(c3)oc3c4ccc4c(-c5ccccc5)nc5ccccc5c43)n2)cc1. The van der Waals surface area contributed by atoms with Crippen LogP contribution in [0.15, 0.2) is 199 Å². The van der Waals surface area contributed by atoms with E-state index < -0.39 is 0 Å². The fourth-order valence-electron chi connectivity index (χ4n) is 8.69. The van der Waals surface area contributed by atoms with Gasteiger partial charge in [-0.1, -0.05) is 140 Å². The number of pyridine rings is 1. The van der Waals surface area contributed by atoms with Gasteiger partial charge in [-0.2, -0.15) is 0 Å². The number of nitrogens with zero attached hydrogens (tertiary/aromatic N) is 4. The molecule has 0 radical (unpaired) electrons. The van der Waals surface area contributed by atoms with Crippen LogP contribution in [0, 0.1) is 0 Å². The van der Waals surface area contributed by atoms with E-state index in [9.17, 15) is 0 Å². The molecule has 0 atom stereocenters. The Morgan fingerprint density at radius 2 is 0.931 bits per heavy atom. The van der Waals surface area contributed by atoms with Crippen LogP contribution >= 0.6 is 0 Å². The highest BCUT2D eigenvalue weighted by Crippen LogP contribution is 2.42. The molecular formula is C53H32N4O. The van der Waals surface area contributed by atoms with Gasteiger partial charge in [-0.05, 0) is 54.6 Å². The van der Waals surface area contributed by atoms with Crippen LogP contribution in [0.3, 0.4) is 0 Å². The van der Waals surface area contributed by atoms with Crippen molar-refractivity contribution >= 4 is 65.4 Å². The van der Waals surface area contributed by atoms with E-state index >= 15 is 0 Å². The zero-order valence-electron chi connectivity index (χ0n) is 31.2. The van der Waals surface area contributed by atoms with Crippen molar-refractivity contribution in [3.63, 3.8) is 0 Å². The fourth-order valence-corrected chi connectivity index (χ4v) is 8.69. The first kappa shape index (κ1) is 32.4. The van der Waals surface area contributed by atoms with Crippen LogP contribution in [0.25, 0.3) is 116 Å². The summed E-state index contributed by atoms with van der Waals surface area (Å²) < 4.78 is 9.22. The zero-order valence-corrected chi connectivity index (χ0v) is 31.2. The van der Waals surface area contributed by atoms with E-state index in [4.69, 9.17) is 19.4 Å². The minimum Gasteiger partial charge on any atom is -0.455 e. The van der Waals surface area contributed by atoms with Crippen LogP contribution in [0.5, 0.6) is 0 Å². The van der Waals surface area contributed by atoms with Gasteiger partial charge in [0, 0.05) is 65.6 Å². The van der Waals surface area contributed by atoms with Crippen molar-refractivity contribution in [1.82, 2.24) is 19.5 Å². The third kappa shape index (κ3) is 5.07. The lowest BCUT2D eigenvalue weighted by Gasteiger charge is -2.11. The van der Waals surface area contributed by atoms with E-state index in [0.29, 0.717) is 5.82 Å². The largest absolute Gasteiger partial charge is 0.455 e. The van der Waals surface area contributed by atoms with Gasteiger partial charge in [0.25, 0.3) is 0 Å². The van der Waals surface area contributed by atoms with Gasteiger partial charge in [0.15, 0.2) is 5.82 Å². The minimum absolute atomic E-state index is 0.635. The van der Waals surface area contributed by atoms with Crippen molar-refractivity contribution in [2.24, 2.45) is 0 Å². The molecule has 5 heteroatoms. The third-order valence-corrected chi connectivity index (χ3v) is 11.4. The first-order chi connectivity index (χ1) is 28.7. The summed E-state index contributed by atoms with van der Waals surface area (Å²) in [5.41, 5.74) is 12.7. The summed E-state index contributed by atoms with van der Waals surface area (Å²) in [6.45, 7) is 0. The fraction of sp³-hybridized carbons (Fsp3) is 0. The van der Waals surface area contributed by atoms with Crippen molar-refractivity contribution in [2.75, 3.05) is 0 Å². The summed E-state index contributed by atoms with van der Waals surface area (Å²) in [5.74, 6) is 0.635. The Bertz CT molecular complexity index is 3500. The molecule has 0 fully saturated rings. The number of para-hydroxylation sites is 3. The summed E-state index contributed by atoms with van der Waals surface area (Å²) in [6, 6.07) is 67.7. The summed E-state index contributed by atoms with van der Waals surface area (Å²) in [7, 11) is 0. The highest BCUT2D eigenvalue weighted by Gasteiger charge is 2.19. The molecule has 0 unspecified atom stereocenters. The van der Waals surface area contributed by atoms with E-state index in [2.05, 4.69) is 168 Å². The molecule has 0 N–H and O–H groups in total. The lowest BCUT2D eigenvalue weighted by molar-refractivity contribution is 0.673. The molecule has 0 saturated heterocycles. The van der Waals surface area contributed by atoms with Gasteiger partial charge in [0.05, 0.1) is 33.6 Å². The lowest BCUT2D eigenvalue weighted by atomic mass is 9.98. The molecule has 0 aliphatic heterocycles. The highest BCUT2D eigenvalue weighted by atomic mass is 16.3. The number of rotatable bonds is 5. The summed E-state index contributed by atoms with van der Waals surface area (Å²) in [4.78, 5) is 15.5. The molecule has 0 aliphatic rings. The van der Waals surface area contributed by atoms with Gasteiger partial charge < -0.3 is 8.98 Å². The van der Waals surface area contributed by atoms with Gasteiger partial charge in [-0.25, -0.2) is 15.0 Å². The molecule has 0 amide bonds. The Kier molecular flexibility index (Phi) is 7.16. The molecule has 12 aromatic rings. The van der Waals surface area contributed by atoms with Crippen molar-refractivity contribution in [1.29, 1.82) is 0 Å². The second-order valence-corrected chi connectivity index (χ2v) is 14.8. The average molecular weight is 741 g/mol. The predicted molar refractivity (Wildman–Crippen MR) is 238 cm³/mol. The maximum atomic E-state index is 6.88. The second kappa shape index (κ2) is 12.8. The van der Waals surface area contributed by atoms with Crippen molar-refractivity contribution < 1.29 is 4.42 Å². The summed E-state index contributed by atoms with van der Waals surface area (Å²) in [5, 5.41) is 7.78. The standard InChI is InChI=1S/C53H32N4O/c1-3-13-33(14-4-1)45-32-46(34-23-26-37(27-24-34)57-47-21-11-8-17-38(47)39-18-9-12-22-48(39)57)56-53(55-45)36-25-28-40-41-29-30-43-50(52(41)58-49(40)31-36)42-19-7-10-20-44(42)54-51(43)35-15-5-2-6-16-35/h1-32H. The van der Waals surface area contributed by atoms with Gasteiger partial charge in [-0.15, -0.1) is 0 Å². The van der Waals surface area contributed by atoms with E-state index in [1.165, 1.54) is 21.8 Å². The number of aromatic nitrogens is 4.